The molecule has 2 aliphatic rings. The van der Waals surface area contributed by atoms with Crippen LogP contribution in [0.1, 0.15) is 64.3 Å². The first kappa shape index (κ1) is 20.9. The maximum atomic E-state index is 12.9. The number of carbonyl (C=O) groups is 1. The fourth-order valence-corrected chi connectivity index (χ4v) is 5.10. The van der Waals surface area contributed by atoms with E-state index in [1.54, 1.807) is 0 Å². The highest BCUT2D eigenvalue weighted by molar-refractivity contribution is 5.94. The molecule has 2 heterocycles. The van der Waals surface area contributed by atoms with Crippen molar-refractivity contribution in [3.63, 3.8) is 0 Å². The zero-order chi connectivity index (χ0) is 21.1. The summed E-state index contributed by atoms with van der Waals surface area (Å²) in [6.07, 6.45) is 6.16. The van der Waals surface area contributed by atoms with E-state index < -0.39 is 0 Å². The molecule has 0 aliphatic carbocycles. The second-order valence-corrected chi connectivity index (χ2v) is 9.11. The van der Waals surface area contributed by atoms with Gasteiger partial charge >= 0.3 is 0 Å². The second kappa shape index (κ2) is 9.22. The number of piperidine rings is 1. The van der Waals surface area contributed by atoms with E-state index in [9.17, 15) is 4.79 Å². The summed E-state index contributed by atoms with van der Waals surface area (Å²) in [5.41, 5.74) is 7.17. The van der Waals surface area contributed by atoms with Gasteiger partial charge in [-0.25, -0.2) is 0 Å². The van der Waals surface area contributed by atoms with Crippen LogP contribution in [0.2, 0.25) is 0 Å². The van der Waals surface area contributed by atoms with Gasteiger partial charge in [-0.2, -0.15) is 0 Å². The van der Waals surface area contributed by atoms with E-state index in [4.69, 9.17) is 0 Å². The maximum Gasteiger partial charge on any atom is 0.251 e. The molecular formula is C26H35N3O. The van der Waals surface area contributed by atoms with E-state index in [1.807, 2.05) is 26.0 Å². The van der Waals surface area contributed by atoms with Crippen molar-refractivity contribution in [2.75, 3.05) is 38.1 Å². The van der Waals surface area contributed by atoms with Crippen molar-refractivity contribution in [3.8, 4) is 0 Å². The number of nitrogens with zero attached hydrogens (tertiary/aromatic N) is 2. The van der Waals surface area contributed by atoms with E-state index in [0.29, 0.717) is 6.54 Å². The summed E-state index contributed by atoms with van der Waals surface area (Å²) < 4.78 is 0. The lowest BCUT2D eigenvalue weighted by molar-refractivity contribution is 0.0924. The number of hydrogen-bond donors (Lipinski definition) is 1. The number of carbonyl (C=O) groups excluding carboxylic acids is 1. The van der Waals surface area contributed by atoms with Crippen LogP contribution < -0.4 is 10.2 Å². The molecular weight excluding hydrogens is 370 g/mol. The lowest BCUT2D eigenvalue weighted by Gasteiger charge is -2.36. The molecule has 1 N–H and O–H groups in total. The molecule has 1 unspecified atom stereocenters. The van der Waals surface area contributed by atoms with Crippen LogP contribution in [-0.4, -0.2) is 44.0 Å². The molecule has 160 valence electrons. The van der Waals surface area contributed by atoms with Gasteiger partial charge < -0.3 is 10.2 Å². The molecule has 2 aliphatic heterocycles. The maximum absolute atomic E-state index is 12.9. The number of nitrogens with one attached hydrogen (secondary N) is 1. The molecule has 0 radical (unpaired) electrons. The number of rotatable bonds is 5. The first-order valence-corrected chi connectivity index (χ1v) is 11.5. The van der Waals surface area contributed by atoms with Crippen LogP contribution in [0.4, 0.5) is 5.69 Å². The topological polar surface area (TPSA) is 35.6 Å². The van der Waals surface area contributed by atoms with Gasteiger partial charge in [0.15, 0.2) is 0 Å². The van der Waals surface area contributed by atoms with E-state index in [2.05, 4.69) is 46.4 Å². The summed E-state index contributed by atoms with van der Waals surface area (Å²) in [6, 6.07) is 13.3. The van der Waals surface area contributed by atoms with Crippen LogP contribution in [0.25, 0.3) is 0 Å². The fourth-order valence-electron chi connectivity index (χ4n) is 5.10. The summed E-state index contributed by atoms with van der Waals surface area (Å²) in [5, 5.41) is 3.25. The first-order chi connectivity index (χ1) is 14.5. The molecule has 4 nitrogen and oxygen atoms in total. The molecule has 4 rings (SSSR count). The summed E-state index contributed by atoms with van der Waals surface area (Å²) in [4.78, 5) is 17.8. The number of anilines is 1. The molecule has 1 fully saturated rings. The van der Waals surface area contributed by atoms with Crippen LogP contribution in [0, 0.1) is 13.8 Å². The van der Waals surface area contributed by atoms with Crippen LogP contribution in [0.5, 0.6) is 0 Å². The number of aryl methyl sites for hydroxylation is 3. The standard InChI is InChI=1S/C26H35N3O/c1-19-14-20(2)16-23(15-19)26(30)27-18-25(29-12-5-4-6-13-29)22-9-10-24-21(17-22)8-7-11-28(24)3/h9-10,14-17,25H,4-8,11-13,18H2,1-3H3,(H,27,30). The average molecular weight is 406 g/mol. The average Bonchev–Trinajstić information content (AvgIpc) is 2.74. The molecule has 0 aromatic heterocycles. The summed E-state index contributed by atoms with van der Waals surface area (Å²) >= 11 is 0. The number of amides is 1. The Kier molecular flexibility index (Phi) is 6.43. The molecule has 0 bridgehead atoms. The van der Waals surface area contributed by atoms with Gasteiger partial charge in [-0.15, -0.1) is 0 Å². The monoisotopic (exact) mass is 405 g/mol. The molecule has 0 saturated carbocycles. The predicted octanol–water partition coefficient (Wildman–Crippen LogP) is 4.64. The van der Waals surface area contributed by atoms with Crippen LogP contribution in [0.3, 0.4) is 0 Å². The smallest absolute Gasteiger partial charge is 0.251 e. The van der Waals surface area contributed by atoms with Crippen molar-refractivity contribution in [2.24, 2.45) is 0 Å². The van der Waals surface area contributed by atoms with Gasteiger partial charge in [0.1, 0.15) is 0 Å². The van der Waals surface area contributed by atoms with Crippen molar-refractivity contribution in [1.29, 1.82) is 0 Å². The number of hydrogen-bond acceptors (Lipinski definition) is 3. The lowest BCUT2D eigenvalue weighted by atomic mass is 9.95. The molecule has 1 saturated heterocycles. The van der Waals surface area contributed by atoms with Crippen LogP contribution in [0.15, 0.2) is 36.4 Å². The zero-order valence-corrected chi connectivity index (χ0v) is 18.7. The third kappa shape index (κ3) is 4.70. The lowest BCUT2D eigenvalue weighted by Crippen LogP contribution is -2.40. The van der Waals surface area contributed by atoms with Gasteiger partial charge in [-0.05, 0) is 81.9 Å². The molecule has 1 amide bonds. The fraction of sp³-hybridized carbons (Fsp3) is 0.500. The molecule has 2 aromatic rings. The Morgan fingerprint density at radius 1 is 0.967 bits per heavy atom. The first-order valence-electron chi connectivity index (χ1n) is 11.5. The van der Waals surface area contributed by atoms with Crippen molar-refractivity contribution in [3.05, 3.63) is 64.2 Å². The number of likely N-dealkylation sites (tertiary alicyclic amines) is 1. The van der Waals surface area contributed by atoms with Crippen LogP contribution >= 0.6 is 0 Å². The highest BCUT2D eigenvalue weighted by Crippen LogP contribution is 2.31. The normalized spacial score (nSPS) is 18.0. The van der Waals surface area contributed by atoms with Crippen molar-refractivity contribution in [1.82, 2.24) is 10.2 Å². The molecule has 30 heavy (non-hydrogen) atoms. The third-order valence-corrected chi connectivity index (χ3v) is 6.61. The number of benzene rings is 2. The largest absolute Gasteiger partial charge is 0.374 e. The van der Waals surface area contributed by atoms with Gasteiger partial charge in [-0.3, -0.25) is 9.69 Å². The van der Waals surface area contributed by atoms with Gasteiger partial charge in [0.25, 0.3) is 5.91 Å². The van der Waals surface area contributed by atoms with Crippen molar-refractivity contribution < 1.29 is 4.79 Å². The Morgan fingerprint density at radius 2 is 1.70 bits per heavy atom. The van der Waals surface area contributed by atoms with Crippen molar-refractivity contribution in [2.45, 2.75) is 52.0 Å². The highest BCUT2D eigenvalue weighted by Gasteiger charge is 2.25. The SMILES string of the molecule is Cc1cc(C)cc(C(=O)NCC(c2ccc3c(c2)CCCN3C)N2CCCCC2)c1. The summed E-state index contributed by atoms with van der Waals surface area (Å²) in [6.45, 7) is 8.10. The Balaban J connectivity index is 1.55. The molecule has 2 aromatic carbocycles. The second-order valence-electron chi connectivity index (χ2n) is 9.11. The minimum absolute atomic E-state index is 0.0292. The molecule has 4 heteroatoms. The van der Waals surface area contributed by atoms with E-state index in [1.165, 1.54) is 42.5 Å². The predicted molar refractivity (Wildman–Crippen MR) is 124 cm³/mol. The Morgan fingerprint density at radius 3 is 2.43 bits per heavy atom. The van der Waals surface area contributed by atoms with E-state index in [-0.39, 0.29) is 11.9 Å². The summed E-state index contributed by atoms with van der Waals surface area (Å²) in [5.74, 6) is 0.0292. The van der Waals surface area contributed by atoms with E-state index >= 15 is 0 Å². The van der Waals surface area contributed by atoms with Gasteiger partial charge in [0.05, 0.1) is 6.04 Å². The molecule has 1 atom stereocenters. The minimum atomic E-state index is 0.0292. The Labute approximate surface area is 181 Å². The molecule has 0 spiro atoms. The minimum Gasteiger partial charge on any atom is -0.374 e. The third-order valence-electron chi connectivity index (χ3n) is 6.61. The van der Waals surface area contributed by atoms with Gasteiger partial charge in [-0.1, -0.05) is 35.7 Å². The Bertz CT molecular complexity index is 881. The zero-order valence-electron chi connectivity index (χ0n) is 18.7. The van der Waals surface area contributed by atoms with Crippen LogP contribution in [-0.2, 0) is 6.42 Å². The number of fused-ring (bicyclic) bond motifs is 1. The van der Waals surface area contributed by atoms with Gasteiger partial charge in [0.2, 0.25) is 0 Å². The highest BCUT2D eigenvalue weighted by atomic mass is 16.1. The van der Waals surface area contributed by atoms with E-state index in [0.717, 1.165) is 42.7 Å². The summed E-state index contributed by atoms with van der Waals surface area (Å²) in [7, 11) is 2.18. The van der Waals surface area contributed by atoms with Crippen molar-refractivity contribution >= 4 is 11.6 Å². The Hall–Kier alpha value is -2.33. The van der Waals surface area contributed by atoms with Gasteiger partial charge in [0, 0.05) is 31.4 Å². The quantitative estimate of drug-likeness (QED) is 0.787.